The highest BCUT2D eigenvalue weighted by molar-refractivity contribution is 7.92. The first-order valence-corrected chi connectivity index (χ1v) is 8.35. The van der Waals surface area contributed by atoms with E-state index >= 15 is 0 Å². The lowest BCUT2D eigenvalue weighted by Crippen LogP contribution is -2.16. The second-order valence-electron chi connectivity index (χ2n) is 4.67. The summed E-state index contributed by atoms with van der Waals surface area (Å²) in [6.07, 6.45) is 0. The molecule has 2 aromatic carbocycles. The summed E-state index contributed by atoms with van der Waals surface area (Å²) in [4.78, 5) is 0.210. The van der Waals surface area contributed by atoms with Crippen molar-refractivity contribution in [3.05, 3.63) is 59.1 Å². The summed E-state index contributed by atoms with van der Waals surface area (Å²) in [6, 6.07) is 13.6. The minimum absolute atomic E-state index is 0.0699. The highest BCUT2D eigenvalue weighted by Crippen LogP contribution is 2.25. The van der Waals surface area contributed by atoms with Crippen molar-refractivity contribution in [3.8, 4) is 0 Å². The average molecular weight is 325 g/mol. The zero-order valence-corrected chi connectivity index (χ0v) is 13.4. The summed E-state index contributed by atoms with van der Waals surface area (Å²) in [6.45, 7) is 1.97. The first-order valence-electron chi connectivity index (χ1n) is 6.48. The number of anilines is 1. The van der Waals surface area contributed by atoms with Crippen LogP contribution in [0.1, 0.15) is 18.5 Å². The standard InChI is InChI=1S/C15H17ClN2O2S/c1-11(17-2)12-6-5-7-13(10-12)21(19,20)18-15-9-4-3-8-14(15)16/h3-11,17-18H,1-2H3. The lowest BCUT2D eigenvalue weighted by Gasteiger charge is -2.13. The lowest BCUT2D eigenvalue weighted by atomic mass is 10.1. The Hall–Kier alpha value is -1.56. The van der Waals surface area contributed by atoms with Crippen molar-refractivity contribution in [2.24, 2.45) is 0 Å². The first-order chi connectivity index (χ1) is 9.94. The molecule has 0 heterocycles. The Morgan fingerprint density at radius 2 is 1.81 bits per heavy atom. The van der Waals surface area contributed by atoms with Gasteiger partial charge in [-0.1, -0.05) is 35.9 Å². The molecule has 0 amide bonds. The van der Waals surface area contributed by atoms with E-state index in [4.69, 9.17) is 11.6 Å². The van der Waals surface area contributed by atoms with Crippen molar-refractivity contribution in [1.29, 1.82) is 0 Å². The molecule has 2 N–H and O–H groups in total. The largest absolute Gasteiger partial charge is 0.313 e. The molecule has 0 aromatic heterocycles. The van der Waals surface area contributed by atoms with Gasteiger partial charge >= 0.3 is 0 Å². The normalized spacial score (nSPS) is 12.9. The molecule has 2 rings (SSSR count). The van der Waals surface area contributed by atoms with Gasteiger partial charge in [0.05, 0.1) is 15.6 Å². The highest BCUT2D eigenvalue weighted by Gasteiger charge is 2.16. The molecule has 2 aromatic rings. The van der Waals surface area contributed by atoms with Crippen molar-refractivity contribution >= 4 is 27.3 Å². The van der Waals surface area contributed by atoms with E-state index < -0.39 is 10.0 Å². The minimum atomic E-state index is -3.66. The van der Waals surface area contributed by atoms with Crippen molar-refractivity contribution in [3.63, 3.8) is 0 Å². The van der Waals surface area contributed by atoms with E-state index in [1.165, 1.54) is 0 Å². The molecule has 112 valence electrons. The third-order valence-corrected chi connectivity index (χ3v) is 4.91. The van der Waals surface area contributed by atoms with Gasteiger partial charge in [0.15, 0.2) is 0 Å². The van der Waals surface area contributed by atoms with Crippen LogP contribution in [0.2, 0.25) is 5.02 Å². The zero-order valence-electron chi connectivity index (χ0n) is 11.8. The van der Waals surface area contributed by atoms with Crippen LogP contribution in [0.25, 0.3) is 0 Å². The van der Waals surface area contributed by atoms with Gasteiger partial charge < -0.3 is 5.32 Å². The molecule has 0 saturated carbocycles. The fourth-order valence-electron chi connectivity index (χ4n) is 1.87. The third kappa shape index (κ3) is 3.75. The lowest BCUT2D eigenvalue weighted by molar-refractivity contribution is 0.600. The predicted molar refractivity (Wildman–Crippen MR) is 86.2 cm³/mol. The fourth-order valence-corrected chi connectivity index (χ4v) is 3.24. The summed E-state index contributed by atoms with van der Waals surface area (Å²) >= 11 is 5.98. The van der Waals surface area contributed by atoms with E-state index in [0.717, 1.165) is 5.56 Å². The van der Waals surface area contributed by atoms with Crippen molar-refractivity contribution in [2.75, 3.05) is 11.8 Å². The number of nitrogens with one attached hydrogen (secondary N) is 2. The molecule has 0 saturated heterocycles. The fraction of sp³-hybridized carbons (Fsp3) is 0.200. The molecule has 1 atom stereocenters. The van der Waals surface area contributed by atoms with Crippen LogP contribution in [0.4, 0.5) is 5.69 Å². The number of sulfonamides is 1. The molecule has 1 unspecified atom stereocenters. The topological polar surface area (TPSA) is 58.2 Å². The van der Waals surface area contributed by atoms with Gasteiger partial charge in [-0.05, 0) is 43.8 Å². The molecule has 6 heteroatoms. The van der Waals surface area contributed by atoms with Crippen LogP contribution in [-0.4, -0.2) is 15.5 Å². The summed E-state index contributed by atoms with van der Waals surface area (Å²) in [5, 5.41) is 3.44. The predicted octanol–water partition coefficient (Wildman–Crippen LogP) is 3.42. The molecule has 0 aliphatic rings. The Balaban J connectivity index is 2.34. The van der Waals surface area contributed by atoms with Crippen LogP contribution in [0.15, 0.2) is 53.4 Å². The molecular weight excluding hydrogens is 308 g/mol. The molecule has 21 heavy (non-hydrogen) atoms. The summed E-state index contributed by atoms with van der Waals surface area (Å²) < 4.78 is 27.4. The number of rotatable bonds is 5. The van der Waals surface area contributed by atoms with Crippen LogP contribution in [0, 0.1) is 0 Å². The van der Waals surface area contributed by atoms with Crippen LogP contribution < -0.4 is 10.0 Å². The van der Waals surface area contributed by atoms with Gasteiger partial charge in [0.1, 0.15) is 0 Å². The summed E-state index contributed by atoms with van der Waals surface area (Å²) in [5.74, 6) is 0. The van der Waals surface area contributed by atoms with Gasteiger partial charge in [-0.3, -0.25) is 4.72 Å². The molecule has 0 spiro atoms. The van der Waals surface area contributed by atoms with Gasteiger partial charge in [0, 0.05) is 6.04 Å². The summed E-state index contributed by atoms with van der Waals surface area (Å²) in [7, 11) is -1.84. The SMILES string of the molecule is CNC(C)c1cccc(S(=O)(=O)Nc2ccccc2Cl)c1. The minimum Gasteiger partial charge on any atom is -0.313 e. The van der Waals surface area contributed by atoms with E-state index in [-0.39, 0.29) is 10.9 Å². The van der Waals surface area contributed by atoms with Crippen LogP contribution in [0.5, 0.6) is 0 Å². The van der Waals surface area contributed by atoms with Crippen molar-refractivity contribution < 1.29 is 8.42 Å². The molecule has 4 nitrogen and oxygen atoms in total. The van der Waals surface area contributed by atoms with E-state index in [9.17, 15) is 8.42 Å². The van der Waals surface area contributed by atoms with E-state index in [2.05, 4.69) is 10.0 Å². The maximum absolute atomic E-state index is 12.4. The highest BCUT2D eigenvalue weighted by atomic mass is 35.5. The zero-order chi connectivity index (χ0) is 15.5. The van der Waals surface area contributed by atoms with Gasteiger partial charge in [-0.2, -0.15) is 0 Å². The van der Waals surface area contributed by atoms with Gasteiger partial charge in [-0.25, -0.2) is 8.42 Å². The summed E-state index contributed by atoms with van der Waals surface area (Å²) in [5.41, 5.74) is 1.27. The number of hydrogen-bond donors (Lipinski definition) is 2. The molecule has 0 fully saturated rings. The molecule has 0 bridgehead atoms. The second kappa shape index (κ2) is 6.47. The molecule has 0 aliphatic carbocycles. The van der Waals surface area contributed by atoms with Crippen LogP contribution >= 0.6 is 11.6 Å². The van der Waals surface area contributed by atoms with E-state index in [1.807, 2.05) is 20.0 Å². The number of para-hydroxylation sites is 1. The Bertz CT molecular complexity index is 732. The van der Waals surface area contributed by atoms with Gasteiger partial charge in [0.25, 0.3) is 10.0 Å². The Morgan fingerprint density at radius 3 is 2.48 bits per heavy atom. The number of benzene rings is 2. The maximum atomic E-state index is 12.4. The number of halogens is 1. The molecule has 0 radical (unpaired) electrons. The molecule has 0 aliphatic heterocycles. The van der Waals surface area contributed by atoms with E-state index in [1.54, 1.807) is 42.5 Å². The van der Waals surface area contributed by atoms with E-state index in [0.29, 0.717) is 10.7 Å². The molecular formula is C15H17ClN2O2S. The Labute approximate surface area is 130 Å². The second-order valence-corrected chi connectivity index (χ2v) is 6.76. The first kappa shape index (κ1) is 15.8. The smallest absolute Gasteiger partial charge is 0.261 e. The number of hydrogen-bond acceptors (Lipinski definition) is 3. The van der Waals surface area contributed by atoms with Crippen LogP contribution in [-0.2, 0) is 10.0 Å². The quantitative estimate of drug-likeness (QED) is 0.886. The maximum Gasteiger partial charge on any atom is 0.261 e. The Morgan fingerprint density at radius 1 is 1.10 bits per heavy atom. The monoisotopic (exact) mass is 324 g/mol. The van der Waals surface area contributed by atoms with Crippen LogP contribution in [0.3, 0.4) is 0 Å². The Kier molecular flexibility index (Phi) is 4.88. The van der Waals surface area contributed by atoms with Gasteiger partial charge in [-0.15, -0.1) is 0 Å². The van der Waals surface area contributed by atoms with Crippen molar-refractivity contribution in [1.82, 2.24) is 5.32 Å². The third-order valence-electron chi connectivity index (χ3n) is 3.22. The van der Waals surface area contributed by atoms with Crippen molar-refractivity contribution in [2.45, 2.75) is 17.9 Å². The van der Waals surface area contributed by atoms with Gasteiger partial charge in [0.2, 0.25) is 0 Å². The average Bonchev–Trinajstić information content (AvgIpc) is 2.49.